The summed E-state index contributed by atoms with van der Waals surface area (Å²) in [6.45, 7) is 5.68. The summed E-state index contributed by atoms with van der Waals surface area (Å²) in [5, 5.41) is 5.58. The minimum atomic E-state index is -0.0766. The van der Waals surface area contributed by atoms with Gasteiger partial charge in [-0.3, -0.25) is 9.69 Å². The molecule has 0 radical (unpaired) electrons. The van der Waals surface area contributed by atoms with Crippen LogP contribution in [0.2, 0.25) is 0 Å². The van der Waals surface area contributed by atoms with E-state index < -0.39 is 0 Å². The highest BCUT2D eigenvalue weighted by atomic mass is 32.1. The third kappa shape index (κ3) is 6.67. The number of carbonyl (C=O) groups excluding carboxylic acids is 2. The third-order valence-corrected chi connectivity index (χ3v) is 10.2. The quantitative estimate of drug-likeness (QED) is 0.470. The van der Waals surface area contributed by atoms with Gasteiger partial charge in [0, 0.05) is 43.1 Å². The second kappa shape index (κ2) is 12.0. The van der Waals surface area contributed by atoms with Crippen LogP contribution in [0.5, 0.6) is 0 Å². The molecule has 39 heavy (non-hydrogen) atoms. The Bertz CT molecular complexity index is 1070. The third-order valence-electron chi connectivity index (χ3n) is 9.31. The summed E-state index contributed by atoms with van der Waals surface area (Å²) in [6.07, 6.45) is 7.33. The number of hydrogen-bond acceptors (Lipinski definition) is 5. The van der Waals surface area contributed by atoms with E-state index in [0.29, 0.717) is 19.6 Å². The van der Waals surface area contributed by atoms with Gasteiger partial charge in [-0.2, -0.15) is 0 Å². The van der Waals surface area contributed by atoms with Gasteiger partial charge in [-0.25, -0.2) is 4.79 Å². The van der Waals surface area contributed by atoms with Crippen LogP contribution in [-0.4, -0.2) is 78.1 Å². The van der Waals surface area contributed by atoms with Crippen LogP contribution in [0.25, 0.3) is 0 Å². The Hall–Kier alpha value is -2.42. The smallest absolute Gasteiger partial charge is 0.318 e. The van der Waals surface area contributed by atoms with Crippen molar-refractivity contribution < 1.29 is 14.3 Å². The van der Waals surface area contributed by atoms with Crippen molar-refractivity contribution in [2.24, 2.45) is 17.8 Å². The number of amides is 3. The Kier molecular flexibility index (Phi) is 8.23. The molecule has 5 aliphatic rings. The number of ether oxygens (including phenoxy) is 1. The van der Waals surface area contributed by atoms with Crippen LogP contribution < -0.4 is 5.32 Å². The van der Waals surface area contributed by atoms with Gasteiger partial charge in [0.05, 0.1) is 19.8 Å². The van der Waals surface area contributed by atoms with Crippen molar-refractivity contribution in [3.63, 3.8) is 0 Å². The molecule has 1 aliphatic heterocycles. The van der Waals surface area contributed by atoms with Crippen molar-refractivity contribution in [3.05, 3.63) is 58.3 Å². The summed E-state index contributed by atoms with van der Waals surface area (Å²) in [5.41, 5.74) is 1.02. The topological polar surface area (TPSA) is 65.1 Å². The number of hydrogen-bond donors (Lipinski definition) is 1. The molecule has 8 heteroatoms. The van der Waals surface area contributed by atoms with Gasteiger partial charge < -0.3 is 19.9 Å². The Morgan fingerprint density at radius 1 is 0.923 bits per heavy atom. The Labute approximate surface area is 236 Å². The Morgan fingerprint density at radius 2 is 1.62 bits per heavy atom. The summed E-state index contributed by atoms with van der Waals surface area (Å²) in [7, 11) is 0. The fourth-order valence-corrected chi connectivity index (χ4v) is 8.52. The van der Waals surface area contributed by atoms with Crippen LogP contribution in [-0.2, 0) is 22.6 Å². The van der Waals surface area contributed by atoms with Gasteiger partial charge in [-0.1, -0.05) is 36.4 Å². The monoisotopic (exact) mass is 550 g/mol. The number of nitrogens with zero attached hydrogens (tertiary/aromatic N) is 3. The van der Waals surface area contributed by atoms with Crippen molar-refractivity contribution in [2.75, 3.05) is 45.9 Å². The van der Waals surface area contributed by atoms with Crippen molar-refractivity contribution >= 4 is 23.3 Å². The van der Waals surface area contributed by atoms with Gasteiger partial charge in [-0.05, 0) is 73.3 Å². The summed E-state index contributed by atoms with van der Waals surface area (Å²) >= 11 is 1.66. The summed E-state index contributed by atoms with van der Waals surface area (Å²) in [6, 6.07) is 14.2. The Morgan fingerprint density at radius 3 is 2.26 bits per heavy atom. The zero-order valence-corrected chi connectivity index (χ0v) is 23.7. The maximum absolute atomic E-state index is 13.9. The molecule has 4 saturated carbocycles. The predicted molar refractivity (Wildman–Crippen MR) is 153 cm³/mol. The molecule has 7 rings (SSSR count). The molecule has 1 N–H and O–H groups in total. The molecule has 4 bridgehead atoms. The second-order valence-corrected chi connectivity index (χ2v) is 13.4. The van der Waals surface area contributed by atoms with Crippen LogP contribution >= 0.6 is 11.3 Å². The van der Waals surface area contributed by atoms with Gasteiger partial charge in [0.2, 0.25) is 5.91 Å². The van der Waals surface area contributed by atoms with E-state index in [1.165, 1.54) is 19.3 Å². The van der Waals surface area contributed by atoms with Crippen LogP contribution in [0.3, 0.4) is 0 Å². The summed E-state index contributed by atoms with van der Waals surface area (Å²) < 4.78 is 5.52. The molecular formula is C31H42N4O3S. The average molecular weight is 551 g/mol. The number of thiophene rings is 1. The molecule has 1 saturated heterocycles. The van der Waals surface area contributed by atoms with E-state index in [1.54, 1.807) is 16.2 Å². The summed E-state index contributed by atoms with van der Waals surface area (Å²) in [4.78, 5) is 35.0. The highest BCUT2D eigenvalue weighted by Gasteiger charge is 2.52. The van der Waals surface area contributed by atoms with Gasteiger partial charge in [-0.15, -0.1) is 11.3 Å². The lowest BCUT2D eigenvalue weighted by molar-refractivity contribution is -0.133. The zero-order valence-electron chi connectivity index (χ0n) is 22.9. The molecule has 2 heterocycles. The first-order valence-electron chi connectivity index (χ1n) is 14.7. The van der Waals surface area contributed by atoms with Crippen LogP contribution in [0.4, 0.5) is 4.79 Å². The molecule has 1 aromatic heterocycles. The van der Waals surface area contributed by atoms with Crippen molar-refractivity contribution in [2.45, 2.75) is 57.2 Å². The molecule has 1 aromatic carbocycles. The van der Waals surface area contributed by atoms with E-state index in [0.717, 1.165) is 80.3 Å². The van der Waals surface area contributed by atoms with Gasteiger partial charge in [0.25, 0.3) is 0 Å². The lowest BCUT2D eigenvalue weighted by Gasteiger charge is -2.57. The van der Waals surface area contributed by atoms with Crippen molar-refractivity contribution in [1.29, 1.82) is 0 Å². The van der Waals surface area contributed by atoms with E-state index in [4.69, 9.17) is 4.74 Å². The normalized spacial score (nSPS) is 27.8. The number of carbonyl (C=O) groups is 2. The number of urea groups is 1. The van der Waals surface area contributed by atoms with Crippen LogP contribution in [0.15, 0.2) is 47.8 Å². The molecule has 5 fully saturated rings. The first kappa shape index (κ1) is 26.8. The first-order valence-corrected chi connectivity index (χ1v) is 15.6. The predicted octanol–water partition coefficient (Wildman–Crippen LogP) is 4.59. The first-order chi connectivity index (χ1) is 19.0. The number of nitrogens with one attached hydrogen (secondary N) is 1. The van der Waals surface area contributed by atoms with Crippen LogP contribution in [0.1, 0.15) is 49.0 Å². The minimum Gasteiger partial charge on any atom is -0.379 e. The van der Waals surface area contributed by atoms with Crippen molar-refractivity contribution in [3.8, 4) is 0 Å². The molecule has 210 valence electrons. The van der Waals surface area contributed by atoms with E-state index in [-0.39, 0.29) is 24.0 Å². The van der Waals surface area contributed by atoms with Gasteiger partial charge >= 0.3 is 6.03 Å². The van der Waals surface area contributed by atoms with E-state index in [1.807, 2.05) is 34.5 Å². The standard InChI is InChI=1S/C31H42N4O3S/c36-29(35(22-28-7-4-14-39-28)21-24-5-2-1-3-6-24)23-34(9-8-33-10-12-38-13-11-33)30(37)32-31-18-25-15-26(19-31)17-27(16-25)20-31/h1-7,14,25-27H,8-13,15-23H2,(H,32,37). The van der Waals surface area contributed by atoms with E-state index in [9.17, 15) is 9.59 Å². The fraction of sp³-hybridized carbons (Fsp3) is 0.613. The minimum absolute atomic E-state index is 0.00473. The molecule has 0 atom stereocenters. The molecular weight excluding hydrogens is 508 g/mol. The molecule has 4 aliphatic carbocycles. The number of morpholine rings is 1. The summed E-state index contributed by atoms with van der Waals surface area (Å²) in [5.74, 6) is 2.27. The second-order valence-electron chi connectivity index (χ2n) is 12.3. The lowest BCUT2D eigenvalue weighted by atomic mass is 9.53. The van der Waals surface area contributed by atoms with E-state index in [2.05, 4.69) is 28.4 Å². The maximum atomic E-state index is 13.9. The molecule has 0 spiro atoms. The highest BCUT2D eigenvalue weighted by molar-refractivity contribution is 7.09. The molecule has 3 amide bonds. The SMILES string of the molecule is O=C(CN(CCN1CCOCC1)C(=O)NC12CC3CC(CC(C3)C1)C2)N(Cc1ccccc1)Cc1cccs1. The maximum Gasteiger partial charge on any atom is 0.318 e. The molecule has 0 unspecified atom stereocenters. The number of rotatable bonds is 10. The van der Waals surface area contributed by atoms with Crippen molar-refractivity contribution in [1.82, 2.24) is 20.0 Å². The van der Waals surface area contributed by atoms with E-state index >= 15 is 0 Å². The van der Waals surface area contributed by atoms with Crippen LogP contribution in [0, 0.1) is 17.8 Å². The highest BCUT2D eigenvalue weighted by Crippen LogP contribution is 2.55. The zero-order chi connectivity index (χ0) is 26.7. The fourth-order valence-electron chi connectivity index (χ4n) is 7.80. The lowest BCUT2D eigenvalue weighted by Crippen LogP contribution is -2.62. The largest absolute Gasteiger partial charge is 0.379 e. The molecule has 2 aromatic rings. The Balaban J connectivity index is 1.17. The average Bonchev–Trinajstić information content (AvgIpc) is 3.44. The van der Waals surface area contributed by atoms with Gasteiger partial charge in [0.15, 0.2) is 0 Å². The molecule has 7 nitrogen and oxygen atoms in total. The van der Waals surface area contributed by atoms with Gasteiger partial charge in [0.1, 0.15) is 6.54 Å². The number of benzene rings is 1.